The molecule has 1 heterocycles. The maximum atomic E-state index is 13.1. The van der Waals surface area contributed by atoms with Crippen LogP contribution in [0.25, 0.3) is 0 Å². The summed E-state index contributed by atoms with van der Waals surface area (Å²) < 4.78 is 14.0. The molecule has 0 aliphatic carbocycles. The third kappa shape index (κ3) is 3.55. The second-order valence-corrected chi connectivity index (χ2v) is 5.36. The van der Waals surface area contributed by atoms with Gasteiger partial charge in [-0.1, -0.05) is 0 Å². The predicted octanol–water partition coefficient (Wildman–Crippen LogP) is 3.78. The first-order chi connectivity index (χ1) is 9.61. The highest BCUT2D eigenvalue weighted by atomic mass is 79.9. The van der Waals surface area contributed by atoms with Gasteiger partial charge in [0.05, 0.1) is 5.69 Å². The topological polar surface area (TPSA) is 42.2 Å². The Bertz CT molecular complexity index is 572. The summed E-state index contributed by atoms with van der Waals surface area (Å²) in [5.41, 5.74) is 7.43. The molecular formula is C15H17BrFN3. The number of hydrogen-bond acceptors (Lipinski definition) is 3. The Morgan fingerprint density at radius 2 is 1.90 bits per heavy atom. The smallest absolute Gasteiger partial charge is 0.133 e. The zero-order valence-electron chi connectivity index (χ0n) is 11.3. The normalized spacial score (nSPS) is 10.6. The summed E-state index contributed by atoms with van der Waals surface area (Å²) in [6, 6.07) is 10.3. The molecule has 0 amide bonds. The summed E-state index contributed by atoms with van der Waals surface area (Å²) in [6.45, 7) is 3.29. The number of aryl methyl sites for hydroxylation is 1. The van der Waals surface area contributed by atoms with Gasteiger partial charge < -0.3 is 10.6 Å². The molecular weight excluding hydrogens is 321 g/mol. The Morgan fingerprint density at radius 1 is 1.20 bits per heavy atom. The van der Waals surface area contributed by atoms with E-state index in [0.717, 1.165) is 34.6 Å². The predicted molar refractivity (Wildman–Crippen MR) is 83.8 cm³/mol. The van der Waals surface area contributed by atoms with E-state index in [1.54, 1.807) is 12.1 Å². The molecule has 0 saturated carbocycles. The van der Waals surface area contributed by atoms with E-state index in [2.05, 4.69) is 20.9 Å². The number of pyridine rings is 1. The van der Waals surface area contributed by atoms with Crippen molar-refractivity contribution in [1.29, 1.82) is 0 Å². The quantitative estimate of drug-likeness (QED) is 0.902. The molecule has 106 valence electrons. The van der Waals surface area contributed by atoms with Crippen molar-refractivity contribution in [3.8, 4) is 0 Å². The standard InChI is InChI=1S/C15H17BrFN3/c1-11-14(16)7-8-15(19-11)20(10-2-9-18)13-5-3-12(17)4-6-13/h3-8H,2,9-10,18H2,1H3. The number of aromatic nitrogens is 1. The van der Waals surface area contributed by atoms with E-state index in [9.17, 15) is 4.39 Å². The lowest BCUT2D eigenvalue weighted by atomic mass is 10.2. The van der Waals surface area contributed by atoms with Crippen molar-refractivity contribution >= 4 is 27.4 Å². The van der Waals surface area contributed by atoms with Gasteiger partial charge in [0.15, 0.2) is 0 Å². The summed E-state index contributed by atoms with van der Waals surface area (Å²) in [5.74, 6) is 0.596. The van der Waals surface area contributed by atoms with Gasteiger partial charge >= 0.3 is 0 Å². The lowest BCUT2D eigenvalue weighted by Crippen LogP contribution is -2.22. The van der Waals surface area contributed by atoms with Crippen LogP contribution in [0.15, 0.2) is 40.9 Å². The van der Waals surface area contributed by atoms with E-state index in [1.807, 2.05) is 24.0 Å². The molecule has 0 saturated heterocycles. The van der Waals surface area contributed by atoms with Crippen LogP contribution in [0.3, 0.4) is 0 Å². The molecule has 1 aromatic carbocycles. The number of benzene rings is 1. The SMILES string of the molecule is Cc1nc(N(CCCN)c2ccc(F)cc2)ccc1Br. The van der Waals surface area contributed by atoms with Gasteiger partial charge in [-0.25, -0.2) is 9.37 Å². The average molecular weight is 338 g/mol. The van der Waals surface area contributed by atoms with Crippen LogP contribution in [0.5, 0.6) is 0 Å². The number of rotatable bonds is 5. The van der Waals surface area contributed by atoms with Crippen LogP contribution in [0.4, 0.5) is 15.9 Å². The lowest BCUT2D eigenvalue weighted by molar-refractivity contribution is 0.627. The fourth-order valence-corrected chi connectivity index (χ4v) is 2.15. The molecule has 2 N–H and O–H groups in total. The van der Waals surface area contributed by atoms with Crippen molar-refractivity contribution < 1.29 is 4.39 Å². The average Bonchev–Trinajstić information content (AvgIpc) is 2.45. The van der Waals surface area contributed by atoms with Crippen LogP contribution in [-0.2, 0) is 0 Å². The third-order valence-electron chi connectivity index (χ3n) is 3.01. The minimum atomic E-state index is -0.243. The Kier molecular flexibility index (Phi) is 5.09. The first kappa shape index (κ1) is 14.9. The van der Waals surface area contributed by atoms with Gasteiger partial charge in [0.2, 0.25) is 0 Å². The van der Waals surface area contributed by atoms with Crippen LogP contribution in [0, 0.1) is 12.7 Å². The molecule has 0 fully saturated rings. The highest BCUT2D eigenvalue weighted by Crippen LogP contribution is 2.26. The highest BCUT2D eigenvalue weighted by molar-refractivity contribution is 9.10. The minimum Gasteiger partial charge on any atom is -0.330 e. The van der Waals surface area contributed by atoms with E-state index in [-0.39, 0.29) is 5.82 Å². The van der Waals surface area contributed by atoms with Gasteiger partial charge in [-0.2, -0.15) is 0 Å². The summed E-state index contributed by atoms with van der Waals surface area (Å²) >= 11 is 3.45. The summed E-state index contributed by atoms with van der Waals surface area (Å²) in [4.78, 5) is 6.62. The number of nitrogens with two attached hydrogens (primary N) is 1. The lowest BCUT2D eigenvalue weighted by Gasteiger charge is -2.24. The fraction of sp³-hybridized carbons (Fsp3) is 0.267. The van der Waals surface area contributed by atoms with E-state index in [4.69, 9.17) is 5.73 Å². The molecule has 0 spiro atoms. The van der Waals surface area contributed by atoms with Gasteiger partial charge in [-0.3, -0.25) is 0 Å². The number of halogens is 2. The van der Waals surface area contributed by atoms with Crippen molar-refractivity contribution in [2.75, 3.05) is 18.0 Å². The second kappa shape index (κ2) is 6.81. The molecule has 0 radical (unpaired) electrons. The molecule has 20 heavy (non-hydrogen) atoms. The second-order valence-electron chi connectivity index (χ2n) is 4.51. The molecule has 2 rings (SSSR count). The number of nitrogens with zero attached hydrogens (tertiary/aromatic N) is 2. The molecule has 0 aliphatic heterocycles. The Hall–Kier alpha value is -1.46. The molecule has 0 bridgehead atoms. The molecule has 2 aromatic rings. The van der Waals surface area contributed by atoms with E-state index in [1.165, 1.54) is 12.1 Å². The van der Waals surface area contributed by atoms with Gasteiger partial charge in [0, 0.05) is 16.7 Å². The van der Waals surface area contributed by atoms with Crippen molar-refractivity contribution in [3.05, 3.63) is 52.4 Å². The fourth-order valence-electron chi connectivity index (χ4n) is 1.93. The molecule has 1 aromatic heterocycles. The van der Waals surface area contributed by atoms with Crippen LogP contribution < -0.4 is 10.6 Å². The van der Waals surface area contributed by atoms with Gasteiger partial charge in [0.1, 0.15) is 11.6 Å². The Morgan fingerprint density at radius 3 is 2.50 bits per heavy atom. The zero-order valence-corrected chi connectivity index (χ0v) is 12.9. The Labute approximate surface area is 126 Å². The molecule has 0 unspecified atom stereocenters. The maximum absolute atomic E-state index is 13.1. The van der Waals surface area contributed by atoms with Crippen LogP contribution in [-0.4, -0.2) is 18.1 Å². The number of hydrogen-bond donors (Lipinski definition) is 1. The van der Waals surface area contributed by atoms with Crippen molar-refractivity contribution in [3.63, 3.8) is 0 Å². The first-order valence-electron chi connectivity index (χ1n) is 6.48. The minimum absolute atomic E-state index is 0.243. The Balaban J connectivity index is 2.35. The van der Waals surface area contributed by atoms with Crippen molar-refractivity contribution in [2.45, 2.75) is 13.3 Å². The summed E-state index contributed by atoms with van der Waals surface area (Å²) in [5, 5.41) is 0. The third-order valence-corrected chi connectivity index (χ3v) is 3.85. The van der Waals surface area contributed by atoms with E-state index < -0.39 is 0 Å². The summed E-state index contributed by atoms with van der Waals surface area (Å²) in [7, 11) is 0. The monoisotopic (exact) mass is 337 g/mol. The maximum Gasteiger partial charge on any atom is 0.133 e. The van der Waals surface area contributed by atoms with Gasteiger partial charge in [-0.15, -0.1) is 0 Å². The first-order valence-corrected chi connectivity index (χ1v) is 7.27. The van der Waals surface area contributed by atoms with Gasteiger partial charge in [-0.05, 0) is 72.2 Å². The van der Waals surface area contributed by atoms with Crippen molar-refractivity contribution in [2.24, 2.45) is 5.73 Å². The molecule has 0 aliphatic rings. The molecule has 5 heteroatoms. The largest absolute Gasteiger partial charge is 0.330 e. The van der Waals surface area contributed by atoms with Crippen LogP contribution in [0.2, 0.25) is 0 Å². The number of anilines is 2. The summed E-state index contributed by atoms with van der Waals surface area (Å²) in [6.07, 6.45) is 0.841. The van der Waals surface area contributed by atoms with E-state index >= 15 is 0 Å². The van der Waals surface area contributed by atoms with Gasteiger partial charge in [0.25, 0.3) is 0 Å². The molecule has 3 nitrogen and oxygen atoms in total. The zero-order chi connectivity index (χ0) is 14.5. The van der Waals surface area contributed by atoms with Crippen LogP contribution in [0.1, 0.15) is 12.1 Å². The van der Waals surface area contributed by atoms with E-state index in [0.29, 0.717) is 6.54 Å². The van der Waals surface area contributed by atoms with Crippen LogP contribution >= 0.6 is 15.9 Å². The van der Waals surface area contributed by atoms with Crippen molar-refractivity contribution in [1.82, 2.24) is 4.98 Å². The molecule has 0 atom stereocenters. The highest BCUT2D eigenvalue weighted by Gasteiger charge is 2.11.